The van der Waals surface area contributed by atoms with Crippen molar-refractivity contribution in [3.63, 3.8) is 0 Å². The van der Waals surface area contributed by atoms with Gasteiger partial charge in [-0.25, -0.2) is 9.97 Å². The molecule has 0 N–H and O–H groups in total. The summed E-state index contributed by atoms with van der Waals surface area (Å²) in [5.41, 5.74) is 13.2. The minimum atomic E-state index is 0.714. The maximum Gasteiger partial charge on any atom is 0.160 e. The van der Waals surface area contributed by atoms with E-state index in [1.165, 1.54) is 54.7 Å². The maximum atomic E-state index is 5.23. The molecule has 0 amide bonds. The molecule has 0 bridgehead atoms. The highest BCUT2D eigenvalue weighted by Crippen LogP contribution is 2.42. The molecule has 0 aliphatic rings. The zero-order valence-electron chi connectivity index (χ0n) is 29.3. The molecule has 0 atom stereocenters. The fourth-order valence-electron chi connectivity index (χ4n) is 8.25. The summed E-state index contributed by atoms with van der Waals surface area (Å²) in [5, 5.41) is 5.96. The third kappa shape index (κ3) is 4.70. The Balaban J connectivity index is 1.10. The van der Waals surface area contributed by atoms with Gasteiger partial charge in [0.1, 0.15) is 0 Å². The molecule has 0 saturated heterocycles. The highest BCUT2D eigenvalue weighted by Gasteiger charge is 2.21. The molecule has 0 aliphatic heterocycles. The van der Waals surface area contributed by atoms with Gasteiger partial charge in [0, 0.05) is 49.4 Å². The lowest BCUT2D eigenvalue weighted by atomic mass is 10.0. The van der Waals surface area contributed by atoms with E-state index in [0.29, 0.717) is 5.82 Å². The number of hydrogen-bond acceptors (Lipinski definition) is 2. The van der Waals surface area contributed by atoms with Gasteiger partial charge in [-0.05, 0) is 53.6 Å². The third-order valence-electron chi connectivity index (χ3n) is 10.7. The predicted octanol–water partition coefficient (Wildman–Crippen LogP) is 12.8. The van der Waals surface area contributed by atoms with E-state index in [-0.39, 0.29) is 0 Å². The van der Waals surface area contributed by atoms with Crippen molar-refractivity contribution < 1.29 is 0 Å². The van der Waals surface area contributed by atoms with Crippen molar-refractivity contribution in [1.29, 1.82) is 0 Å². The Morgan fingerprint density at radius 3 is 1.39 bits per heavy atom. The first-order chi connectivity index (χ1) is 26.8. The Morgan fingerprint density at radius 2 is 0.759 bits per heavy atom. The quantitative estimate of drug-likeness (QED) is 0.180. The van der Waals surface area contributed by atoms with Crippen LogP contribution < -0.4 is 0 Å². The Labute approximate surface area is 311 Å². The lowest BCUT2D eigenvalue weighted by Gasteiger charge is -2.14. The molecule has 3 aromatic heterocycles. The van der Waals surface area contributed by atoms with Gasteiger partial charge >= 0.3 is 0 Å². The smallest absolute Gasteiger partial charge is 0.160 e. The van der Waals surface area contributed by atoms with Crippen LogP contribution in [0.3, 0.4) is 0 Å². The first-order valence-corrected chi connectivity index (χ1v) is 18.3. The summed E-state index contributed by atoms with van der Waals surface area (Å²) in [6.07, 6.45) is 0. The molecule has 54 heavy (non-hydrogen) atoms. The van der Waals surface area contributed by atoms with Crippen molar-refractivity contribution in [1.82, 2.24) is 19.1 Å². The minimum absolute atomic E-state index is 0.714. The van der Waals surface area contributed by atoms with E-state index in [4.69, 9.17) is 9.97 Å². The second-order valence-electron chi connectivity index (χ2n) is 13.8. The summed E-state index contributed by atoms with van der Waals surface area (Å²) in [6, 6.07) is 69.0. The molecule has 0 unspecified atom stereocenters. The molecule has 4 heteroatoms. The molecule has 0 aliphatic carbocycles. The van der Waals surface area contributed by atoms with Crippen molar-refractivity contribution in [3.8, 4) is 45.1 Å². The van der Waals surface area contributed by atoms with E-state index in [0.717, 1.165) is 39.1 Å². The molecule has 8 aromatic carbocycles. The SMILES string of the molecule is c1ccc(-c2ccc(-c3nc(-c4ccc(-n5c6ccccc6c6ccc7c8ccccc8n(-c8ccccc8)c7c65)cc4)c4ccccc4n3)cc2)cc1. The summed E-state index contributed by atoms with van der Waals surface area (Å²) in [7, 11) is 0. The van der Waals surface area contributed by atoms with Gasteiger partial charge in [0.25, 0.3) is 0 Å². The number of aromatic nitrogens is 4. The van der Waals surface area contributed by atoms with Gasteiger partial charge in [0.15, 0.2) is 5.82 Å². The number of para-hydroxylation sites is 4. The zero-order valence-corrected chi connectivity index (χ0v) is 29.3. The van der Waals surface area contributed by atoms with E-state index >= 15 is 0 Å². The number of hydrogen-bond donors (Lipinski definition) is 0. The number of nitrogens with zero attached hydrogens (tertiary/aromatic N) is 4. The summed E-state index contributed by atoms with van der Waals surface area (Å²) in [5.74, 6) is 0.714. The summed E-state index contributed by atoms with van der Waals surface area (Å²) in [6.45, 7) is 0. The Bertz CT molecular complexity index is 3170. The first-order valence-electron chi connectivity index (χ1n) is 18.3. The number of rotatable bonds is 5. The molecule has 4 nitrogen and oxygen atoms in total. The highest BCUT2D eigenvalue weighted by molar-refractivity contribution is 6.23. The molecule has 11 aromatic rings. The molecule has 11 rings (SSSR count). The predicted molar refractivity (Wildman–Crippen MR) is 225 cm³/mol. The van der Waals surface area contributed by atoms with Gasteiger partial charge in [-0.2, -0.15) is 0 Å². The molecule has 252 valence electrons. The van der Waals surface area contributed by atoms with Gasteiger partial charge in [-0.15, -0.1) is 0 Å². The van der Waals surface area contributed by atoms with Crippen molar-refractivity contribution >= 4 is 54.5 Å². The van der Waals surface area contributed by atoms with E-state index in [1.807, 2.05) is 12.1 Å². The Morgan fingerprint density at radius 1 is 0.296 bits per heavy atom. The van der Waals surface area contributed by atoms with Crippen molar-refractivity contribution in [3.05, 3.63) is 194 Å². The largest absolute Gasteiger partial charge is 0.307 e. The molecule has 3 heterocycles. The van der Waals surface area contributed by atoms with Crippen LogP contribution in [0.5, 0.6) is 0 Å². The first kappa shape index (κ1) is 30.3. The number of fused-ring (bicyclic) bond motifs is 8. The molecule has 0 saturated carbocycles. The average molecular weight is 689 g/mol. The number of benzene rings is 8. The zero-order chi connectivity index (χ0) is 35.6. The van der Waals surface area contributed by atoms with Crippen LogP contribution in [0.1, 0.15) is 0 Å². The summed E-state index contributed by atoms with van der Waals surface area (Å²) in [4.78, 5) is 10.2. The normalized spacial score (nSPS) is 11.7. The van der Waals surface area contributed by atoms with Crippen LogP contribution in [-0.2, 0) is 0 Å². The molecule has 0 fully saturated rings. The van der Waals surface area contributed by atoms with E-state index in [2.05, 4.69) is 191 Å². The highest BCUT2D eigenvalue weighted by atomic mass is 15.0. The van der Waals surface area contributed by atoms with Gasteiger partial charge in [-0.1, -0.05) is 152 Å². The topological polar surface area (TPSA) is 35.6 Å². The average Bonchev–Trinajstić information content (AvgIpc) is 3.77. The van der Waals surface area contributed by atoms with Crippen molar-refractivity contribution in [2.24, 2.45) is 0 Å². The van der Waals surface area contributed by atoms with Crippen molar-refractivity contribution in [2.75, 3.05) is 0 Å². The summed E-state index contributed by atoms with van der Waals surface area (Å²) < 4.78 is 4.87. The fraction of sp³-hybridized carbons (Fsp3) is 0. The van der Waals surface area contributed by atoms with Crippen LogP contribution in [0.2, 0.25) is 0 Å². The molecule has 0 spiro atoms. The standard InChI is InChI=1S/C50H32N4/c1-3-13-33(14-4-1)34-23-25-36(26-24-34)50-51-44-20-10-7-19-43(44)47(52-50)35-27-29-38(30-28-35)54-46-22-12-9-18-40(46)42-32-31-41-39-17-8-11-21-45(39)53(48(41)49(42)54)37-15-5-2-6-16-37/h1-32H. The van der Waals surface area contributed by atoms with Gasteiger partial charge in [-0.3, -0.25) is 0 Å². The van der Waals surface area contributed by atoms with Gasteiger partial charge in [0.2, 0.25) is 0 Å². The second-order valence-corrected chi connectivity index (χ2v) is 13.8. The second kappa shape index (κ2) is 12.1. The fourth-order valence-corrected chi connectivity index (χ4v) is 8.25. The van der Waals surface area contributed by atoms with Crippen LogP contribution in [0.25, 0.3) is 99.7 Å². The van der Waals surface area contributed by atoms with Crippen LogP contribution in [0.15, 0.2) is 194 Å². The summed E-state index contributed by atoms with van der Waals surface area (Å²) >= 11 is 0. The van der Waals surface area contributed by atoms with Gasteiger partial charge in [0.05, 0.1) is 33.3 Å². The molecule has 0 radical (unpaired) electrons. The molecular weight excluding hydrogens is 657 g/mol. The lowest BCUT2D eigenvalue weighted by Crippen LogP contribution is -1.99. The Kier molecular flexibility index (Phi) is 6.82. The van der Waals surface area contributed by atoms with Crippen LogP contribution in [-0.4, -0.2) is 19.1 Å². The monoisotopic (exact) mass is 688 g/mol. The van der Waals surface area contributed by atoms with Crippen molar-refractivity contribution in [2.45, 2.75) is 0 Å². The van der Waals surface area contributed by atoms with E-state index in [1.54, 1.807) is 0 Å². The van der Waals surface area contributed by atoms with E-state index < -0.39 is 0 Å². The maximum absolute atomic E-state index is 5.23. The van der Waals surface area contributed by atoms with Crippen LogP contribution >= 0.6 is 0 Å². The van der Waals surface area contributed by atoms with Gasteiger partial charge < -0.3 is 9.13 Å². The Hall–Kier alpha value is -7.30. The van der Waals surface area contributed by atoms with Crippen LogP contribution in [0, 0.1) is 0 Å². The van der Waals surface area contributed by atoms with E-state index in [9.17, 15) is 0 Å². The third-order valence-corrected chi connectivity index (χ3v) is 10.7. The lowest BCUT2D eigenvalue weighted by molar-refractivity contribution is 1.15. The molecular formula is C50H32N4. The van der Waals surface area contributed by atoms with Crippen LogP contribution in [0.4, 0.5) is 0 Å². The minimum Gasteiger partial charge on any atom is -0.307 e.